The van der Waals surface area contributed by atoms with Gasteiger partial charge in [-0.1, -0.05) is 17.7 Å². The lowest BCUT2D eigenvalue weighted by molar-refractivity contribution is -0.141. The summed E-state index contributed by atoms with van der Waals surface area (Å²) in [4.78, 5) is 30.2. The van der Waals surface area contributed by atoms with Crippen molar-refractivity contribution in [1.29, 1.82) is 0 Å². The Morgan fingerprint density at radius 1 is 1.10 bits per heavy atom. The number of imidazole rings is 1. The lowest BCUT2D eigenvalue weighted by atomic mass is 9.94. The summed E-state index contributed by atoms with van der Waals surface area (Å²) in [5.41, 5.74) is 5.93. The number of halogens is 2. The number of pyridine rings is 1. The maximum atomic E-state index is 14.0. The zero-order valence-electron chi connectivity index (χ0n) is 22.7. The summed E-state index contributed by atoms with van der Waals surface area (Å²) >= 11 is 10.1. The summed E-state index contributed by atoms with van der Waals surface area (Å²) in [5.74, 6) is 0.706. The van der Waals surface area contributed by atoms with Gasteiger partial charge in [0.05, 0.1) is 23.8 Å². The van der Waals surface area contributed by atoms with Gasteiger partial charge in [0.25, 0.3) is 0 Å². The van der Waals surface area contributed by atoms with E-state index in [2.05, 4.69) is 71.6 Å². The lowest BCUT2D eigenvalue weighted by Gasteiger charge is -2.45. The highest BCUT2D eigenvalue weighted by atomic mass is 79.9. The SMILES string of the molecule is Cc1cn(C[C@@H]2CCCN(C(=O)[C@H]3CN(C4c5ccc(Cl)cc5CCc5cc(Br)cnc54)CCN3C)C2)cn1. The van der Waals surface area contributed by atoms with E-state index in [4.69, 9.17) is 16.6 Å². The minimum Gasteiger partial charge on any atom is -0.341 e. The van der Waals surface area contributed by atoms with Gasteiger partial charge >= 0.3 is 0 Å². The van der Waals surface area contributed by atoms with Crippen LogP contribution in [0, 0.1) is 12.8 Å². The lowest BCUT2D eigenvalue weighted by Crippen LogP contribution is -2.60. The van der Waals surface area contributed by atoms with Gasteiger partial charge in [0.1, 0.15) is 6.04 Å². The molecule has 3 atom stereocenters. The summed E-state index contributed by atoms with van der Waals surface area (Å²) < 4.78 is 3.17. The number of likely N-dealkylation sites (N-methyl/N-ethyl adjacent to an activating group) is 1. The third-order valence-corrected chi connectivity index (χ3v) is 9.35. The standard InChI is InChI=1S/C30H36BrClN6O/c1-20-15-36(19-34-20)16-21-4-3-9-38(17-21)30(39)27-18-37(11-10-35(27)2)29-26-8-7-25(32)13-22(26)5-6-23-12-24(31)14-33-28(23)29/h7-8,12-15,19,21,27,29H,3-6,9-11,16-18H2,1-2H3/t21-,27+,29?/m0/s1. The number of likely N-dealkylation sites (tertiary alicyclic amines) is 1. The Labute approximate surface area is 244 Å². The minimum atomic E-state index is -0.175. The molecule has 9 heteroatoms. The number of nitrogens with zero attached hydrogens (tertiary/aromatic N) is 6. The van der Waals surface area contributed by atoms with Gasteiger partial charge in [0.2, 0.25) is 5.91 Å². The number of hydrogen-bond acceptors (Lipinski definition) is 5. The second-order valence-electron chi connectivity index (χ2n) is 11.4. The molecular formula is C30H36BrClN6O. The number of aromatic nitrogens is 3. The van der Waals surface area contributed by atoms with Crippen LogP contribution in [-0.4, -0.2) is 81.0 Å². The van der Waals surface area contributed by atoms with E-state index in [9.17, 15) is 4.79 Å². The van der Waals surface area contributed by atoms with Crippen molar-refractivity contribution < 1.29 is 4.79 Å². The van der Waals surface area contributed by atoms with Gasteiger partial charge in [0.15, 0.2) is 0 Å². The van der Waals surface area contributed by atoms with Crippen molar-refractivity contribution in [2.24, 2.45) is 5.92 Å². The van der Waals surface area contributed by atoms with Crippen molar-refractivity contribution in [2.75, 3.05) is 39.8 Å². The molecule has 1 aliphatic carbocycles. The third kappa shape index (κ3) is 5.67. The first-order chi connectivity index (χ1) is 18.9. The van der Waals surface area contributed by atoms with E-state index in [0.29, 0.717) is 12.5 Å². The summed E-state index contributed by atoms with van der Waals surface area (Å²) in [5, 5.41) is 0.768. The van der Waals surface area contributed by atoms with Gasteiger partial charge in [-0.2, -0.15) is 0 Å². The fourth-order valence-corrected chi connectivity index (χ4v) is 7.25. The van der Waals surface area contributed by atoms with E-state index in [-0.39, 0.29) is 18.0 Å². The van der Waals surface area contributed by atoms with Crippen LogP contribution in [0.3, 0.4) is 0 Å². The van der Waals surface area contributed by atoms with Crippen molar-refractivity contribution >= 4 is 33.4 Å². The maximum Gasteiger partial charge on any atom is 0.241 e. The van der Waals surface area contributed by atoms with E-state index in [0.717, 1.165) is 79.3 Å². The van der Waals surface area contributed by atoms with Crippen LogP contribution >= 0.6 is 27.5 Å². The first kappa shape index (κ1) is 26.9. The maximum absolute atomic E-state index is 14.0. The summed E-state index contributed by atoms with van der Waals surface area (Å²) in [6, 6.07) is 8.31. The zero-order chi connectivity index (χ0) is 27.1. The molecule has 0 saturated carbocycles. The molecular weight excluding hydrogens is 576 g/mol. The summed E-state index contributed by atoms with van der Waals surface area (Å²) in [6.07, 6.45) is 9.95. The van der Waals surface area contributed by atoms with Crippen LogP contribution in [0.4, 0.5) is 0 Å². The molecule has 1 amide bonds. The van der Waals surface area contributed by atoms with Crippen molar-refractivity contribution in [1.82, 2.24) is 29.2 Å². The number of fused-ring (bicyclic) bond motifs is 2. The number of aryl methyl sites for hydroxylation is 3. The Morgan fingerprint density at radius 3 is 2.77 bits per heavy atom. The molecule has 1 aromatic carbocycles. The minimum absolute atomic E-state index is 0.00505. The highest BCUT2D eigenvalue weighted by Gasteiger charge is 2.39. The third-order valence-electron chi connectivity index (χ3n) is 8.68. The molecule has 7 nitrogen and oxygen atoms in total. The Morgan fingerprint density at radius 2 is 1.95 bits per heavy atom. The molecule has 3 aromatic rings. The monoisotopic (exact) mass is 610 g/mol. The smallest absolute Gasteiger partial charge is 0.241 e. The Hall–Kier alpha value is -2.26. The van der Waals surface area contributed by atoms with Crippen molar-refractivity contribution in [3.05, 3.63) is 80.6 Å². The van der Waals surface area contributed by atoms with E-state index in [1.807, 2.05) is 25.5 Å². The van der Waals surface area contributed by atoms with Crippen molar-refractivity contribution in [3.63, 3.8) is 0 Å². The number of amides is 1. The van der Waals surface area contributed by atoms with Crippen LogP contribution in [-0.2, 0) is 24.2 Å². The van der Waals surface area contributed by atoms with Crippen LogP contribution in [0.15, 0.2) is 47.5 Å². The molecule has 6 rings (SSSR count). The van der Waals surface area contributed by atoms with E-state index in [1.165, 1.54) is 16.7 Å². The highest BCUT2D eigenvalue weighted by Crippen LogP contribution is 2.38. The molecule has 2 saturated heterocycles. The Balaban J connectivity index is 1.25. The van der Waals surface area contributed by atoms with Crippen LogP contribution < -0.4 is 0 Å². The van der Waals surface area contributed by atoms with E-state index in [1.54, 1.807) is 0 Å². The van der Waals surface area contributed by atoms with Crippen LogP contribution in [0.1, 0.15) is 47.0 Å². The number of piperazine rings is 1. The molecule has 1 unspecified atom stereocenters. The second kappa shape index (κ2) is 11.3. The molecule has 2 aromatic heterocycles. The average Bonchev–Trinajstić information content (AvgIpc) is 3.26. The van der Waals surface area contributed by atoms with Gasteiger partial charge in [0, 0.05) is 61.2 Å². The summed E-state index contributed by atoms with van der Waals surface area (Å²) in [7, 11) is 2.10. The fraction of sp³-hybridized carbons (Fsp3) is 0.500. The topological polar surface area (TPSA) is 57.5 Å². The number of hydrogen-bond donors (Lipinski definition) is 0. The molecule has 0 N–H and O–H groups in total. The number of piperidine rings is 1. The number of benzene rings is 1. The number of carbonyl (C=O) groups excluding carboxylic acids is 1. The first-order valence-corrected chi connectivity index (χ1v) is 15.2. The van der Waals surface area contributed by atoms with Gasteiger partial charge in [-0.3, -0.25) is 19.6 Å². The van der Waals surface area contributed by atoms with Gasteiger partial charge in [-0.05, 0) is 96.4 Å². The van der Waals surface area contributed by atoms with E-state index >= 15 is 0 Å². The average molecular weight is 612 g/mol. The largest absolute Gasteiger partial charge is 0.341 e. The molecule has 2 fully saturated rings. The normalized spacial score (nSPS) is 24.2. The molecule has 0 radical (unpaired) electrons. The number of carbonyl (C=O) groups is 1. The molecule has 0 spiro atoms. The second-order valence-corrected chi connectivity index (χ2v) is 12.8. The van der Waals surface area contributed by atoms with Gasteiger partial charge in [-0.25, -0.2) is 4.98 Å². The van der Waals surface area contributed by atoms with Crippen molar-refractivity contribution in [3.8, 4) is 0 Å². The first-order valence-electron chi connectivity index (χ1n) is 14.0. The zero-order valence-corrected chi connectivity index (χ0v) is 25.0. The van der Waals surface area contributed by atoms with Crippen molar-refractivity contribution in [2.45, 2.75) is 51.2 Å². The molecule has 2 aliphatic heterocycles. The van der Waals surface area contributed by atoms with E-state index < -0.39 is 0 Å². The Bertz CT molecular complexity index is 1310. The van der Waals surface area contributed by atoms with Gasteiger partial charge in [-0.15, -0.1) is 0 Å². The van der Waals surface area contributed by atoms with Gasteiger partial charge < -0.3 is 9.47 Å². The van der Waals surface area contributed by atoms with Crippen LogP contribution in [0.5, 0.6) is 0 Å². The quantitative estimate of drug-likeness (QED) is 0.427. The fourth-order valence-electron chi connectivity index (χ4n) is 6.67. The predicted octanol–water partition coefficient (Wildman–Crippen LogP) is 4.75. The molecule has 0 bridgehead atoms. The number of rotatable bonds is 4. The van der Waals surface area contributed by atoms with Crippen LogP contribution in [0.2, 0.25) is 5.02 Å². The van der Waals surface area contributed by atoms with Crippen LogP contribution in [0.25, 0.3) is 0 Å². The highest BCUT2D eigenvalue weighted by molar-refractivity contribution is 9.10. The molecule has 3 aliphatic rings. The predicted molar refractivity (Wildman–Crippen MR) is 157 cm³/mol. The Kier molecular flexibility index (Phi) is 7.82. The molecule has 206 valence electrons. The molecule has 39 heavy (non-hydrogen) atoms. The summed E-state index contributed by atoms with van der Waals surface area (Å²) in [6.45, 7) is 6.99. The molecule has 4 heterocycles.